The first-order valence-electron chi connectivity index (χ1n) is 11.2. The molecule has 2 aliphatic heterocycles. The molecular weight excluding hydrogens is 458 g/mol. The second-order valence-electron chi connectivity index (χ2n) is 8.14. The van der Waals surface area contributed by atoms with Gasteiger partial charge in [-0.25, -0.2) is 15.0 Å². The fraction of sp³-hybridized carbons (Fsp3) is 0.391. The summed E-state index contributed by atoms with van der Waals surface area (Å²) in [7, 11) is 1.59. The number of nitrogens with one attached hydrogen (secondary N) is 2. The number of hydrogen-bond donors (Lipinski definition) is 2. The predicted molar refractivity (Wildman–Crippen MR) is 129 cm³/mol. The van der Waals surface area contributed by atoms with E-state index in [1.807, 2.05) is 11.1 Å². The van der Waals surface area contributed by atoms with E-state index in [0.29, 0.717) is 41.3 Å². The molecule has 5 heterocycles. The van der Waals surface area contributed by atoms with Gasteiger partial charge >= 0.3 is 0 Å². The predicted octanol–water partition coefficient (Wildman–Crippen LogP) is 2.00. The van der Waals surface area contributed by atoms with Crippen LogP contribution in [0, 0.1) is 0 Å². The number of ether oxygens (including phenoxy) is 2. The molecule has 3 aromatic heterocycles. The van der Waals surface area contributed by atoms with Gasteiger partial charge in [0.05, 0.1) is 29.7 Å². The van der Waals surface area contributed by atoms with Crippen LogP contribution in [-0.4, -0.2) is 83.8 Å². The Kier molecular flexibility index (Phi) is 6.61. The lowest BCUT2D eigenvalue weighted by Gasteiger charge is -2.34. The number of anilines is 1. The number of piperazine rings is 1. The smallest absolute Gasteiger partial charge is 0.284 e. The van der Waals surface area contributed by atoms with Crippen LogP contribution in [0.4, 0.5) is 5.82 Å². The first-order valence-corrected chi connectivity index (χ1v) is 11.6. The number of amides is 1. The summed E-state index contributed by atoms with van der Waals surface area (Å²) >= 11 is 6.46. The summed E-state index contributed by atoms with van der Waals surface area (Å²) in [5.74, 6) is 1.60. The highest BCUT2D eigenvalue weighted by Crippen LogP contribution is 2.26. The molecule has 1 saturated heterocycles. The zero-order chi connectivity index (χ0) is 23.5. The van der Waals surface area contributed by atoms with E-state index in [1.54, 1.807) is 31.5 Å². The van der Waals surface area contributed by atoms with Crippen LogP contribution < -0.4 is 20.2 Å². The fourth-order valence-electron chi connectivity index (χ4n) is 4.13. The molecule has 178 valence electrons. The van der Waals surface area contributed by atoms with Crippen molar-refractivity contribution < 1.29 is 14.3 Å². The summed E-state index contributed by atoms with van der Waals surface area (Å²) in [5.41, 5.74) is 5.87. The van der Waals surface area contributed by atoms with Gasteiger partial charge in [-0.1, -0.05) is 11.6 Å². The molecule has 3 aromatic rings. The molecule has 10 nitrogen and oxygen atoms in total. The molecule has 0 saturated carbocycles. The maximum atomic E-state index is 12.7. The van der Waals surface area contributed by atoms with Crippen LogP contribution in [0.5, 0.6) is 11.6 Å². The highest BCUT2D eigenvalue weighted by atomic mass is 35.5. The van der Waals surface area contributed by atoms with E-state index in [9.17, 15) is 4.79 Å². The minimum Gasteiger partial charge on any atom is -0.488 e. The highest BCUT2D eigenvalue weighted by molar-refractivity contribution is 6.32. The van der Waals surface area contributed by atoms with Gasteiger partial charge in [-0.3, -0.25) is 15.2 Å². The van der Waals surface area contributed by atoms with Crippen LogP contribution in [0.2, 0.25) is 5.02 Å². The summed E-state index contributed by atoms with van der Waals surface area (Å²) in [4.78, 5) is 28.3. The Hall–Kier alpha value is -3.21. The van der Waals surface area contributed by atoms with Gasteiger partial charge < -0.3 is 19.7 Å². The summed E-state index contributed by atoms with van der Waals surface area (Å²) in [5, 5.41) is 5.70. The molecule has 0 bridgehead atoms. The van der Waals surface area contributed by atoms with Crippen molar-refractivity contribution in [3.8, 4) is 11.6 Å². The molecule has 0 unspecified atom stereocenters. The molecule has 11 heteroatoms. The van der Waals surface area contributed by atoms with Gasteiger partial charge in [0, 0.05) is 50.6 Å². The van der Waals surface area contributed by atoms with Crippen molar-refractivity contribution in [1.82, 2.24) is 30.3 Å². The Labute approximate surface area is 202 Å². The van der Waals surface area contributed by atoms with Crippen LogP contribution in [0.25, 0.3) is 11.0 Å². The third-order valence-corrected chi connectivity index (χ3v) is 6.33. The Balaban J connectivity index is 1.16. The second-order valence-corrected chi connectivity index (χ2v) is 8.55. The molecular formula is C23H26ClN7O3. The van der Waals surface area contributed by atoms with Crippen LogP contribution in [0.1, 0.15) is 16.1 Å². The van der Waals surface area contributed by atoms with Gasteiger partial charge in [0.25, 0.3) is 5.91 Å². The monoisotopic (exact) mass is 483 g/mol. The Morgan fingerprint density at radius 2 is 2.06 bits per heavy atom. The summed E-state index contributed by atoms with van der Waals surface area (Å²) in [6.07, 6.45) is 2.43. The van der Waals surface area contributed by atoms with E-state index < -0.39 is 0 Å². The number of carbonyl (C=O) groups is 1. The van der Waals surface area contributed by atoms with E-state index in [1.165, 1.54) is 0 Å². The minimum absolute atomic E-state index is 0.223. The van der Waals surface area contributed by atoms with E-state index in [0.717, 1.165) is 55.7 Å². The number of hydrogen-bond acceptors (Lipinski definition) is 9. The van der Waals surface area contributed by atoms with E-state index in [-0.39, 0.29) is 5.91 Å². The molecule has 0 atom stereocenters. The lowest BCUT2D eigenvalue weighted by Crippen LogP contribution is -2.53. The number of hydrazine groups is 1. The largest absolute Gasteiger partial charge is 0.488 e. The van der Waals surface area contributed by atoms with Crippen LogP contribution in [0.15, 0.2) is 30.5 Å². The maximum Gasteiger partial charge on any atom is 0.284 e. The average Bonchev–Trinajstić information content (AvgIpc) is 2.88. The lowest BCUT2D eigenvalue weighted by atomic mass is 10.1. The fourth-order valence-corrected chi connectivity index (χ4v) is 4.36. The molecule has 0 aromatic carbocycles. The van der Waals surface area contributed by atoms with Crippen molar-refractivity contribution in [2.24, 2.45) is 0 Å². The molecule has 2 N–H and O–H groups in total. The van der Waals surface area contributed by atoms with Gasteiger partial charge in [-0.15, -0.1) is 0 Å². The normalized spacial score (nSPS) is 16.4. The lowest BCUT2D eigenvalue weighted by molar-refractivity contribution is 0.0618. The number of rotatable bonds is 6. The Bertz CT molecular complexity index is 1200. The van der Waals surface area contributed by atoms with Gasteiger partial charge in [-0.2, -0.15) is 0 Å². The SMILES string of the molecule is COc1ccc2ncc(Cl)c(CCN3CCN(NC(=O)c4ccc5c(n4)NCCO5)CC3)c2n1. The number of halogens is 1. The van der Waals surface area contributed by atoms with E-state index in [4.69, 9.17) is 21.1 Å². The van der Waals surface area contributed by atoms with Crippen LogP contribution >= 0.6 is 11.6 Å². The molecule has 0 radical (unpaired) electrons. The third-order valence-electron chi connectivity index (χ3n) is 6.00. The molecule has 0 aliphatic carbocycles. The summed E-state index contributed by atoms with van der Waals surface area (Å²) in [6.45, 7) is 5.19. The Morgan fingerprint density at radius 3 is 2.88 bits per heavy atom. The van der Waals surface area contributed by atoms with E-state index in [2.05, 4.69) is 30.6 Å². The zero-order valence-corrected chi connectivity index (χ0v) is 19.6. The van der Waals surface area contributed by atoms with Crippen molar-refractivity contribution >= 4 is 34.4 Å². The number of fused-ring (bicyclic) bond motifs is 2. The number of nitrogens with zero attached hydrogens (tertiary/aromatic N) is 5. The Morgan fingerprint density at radius 1 is 1.21 bits per heavy atom. The number of methoxy groups -OCH3 is 1. The van der Waals surface area contributed by atoms with Crippen molar-refractivity contribution in [3.63, 3.8) is 0 Å². The average molecular weight is 484 g/mol. The number of aromatic nitrogens is 3. The first-order chi connectivity index (χ1) is 16.6. The summed E-state index contributed by atoms with van der Waals surface area (Å²) in [6, 6.07) is 7.15. The van der Waals surface area contributed by atoms with Gasteiger partial charge in [0.2, 0.25) is 5.88 Å². The van der Waals surface area contributed by atoms with Crippen molar-refractivity contribution in [2.75, 3.05) is 58.3 Å². The minimum atomic E-state index is -0.223. The first kappa shape index (κ1) is 22.6. The molecule has 34 heavy (non-hydrogen) atoms. The second kappa shape index (κ2) is 9.96. The van der Waals surface area contributed by atoms with Gasteiger partial charge in [-0.05, 0) is 24.6 Å². The standard InChI is InChI=1S/C23H26ClN7O3/c1-33-20-5-3-17-21(28-20)15(16(24)14-26-17)6-8-30-9-11-31(12-10-30)29-23(32)18-2-4-19-22(27-18)25-7-13-34-19/h2-5,14H,6-13H2,1H3,(H,25,27)(H,29,32). The van der Waals surface area contributed by atoms with Gasteiger partial charge in [0.1, 0.15) is 12.3 Å². The zero-order valence-electron chi connectivity index (χ0n) is 18.9. The number of pyridine rings is 3. The summed E-state index contributed by atoms with van der Waals surface area (Å²) < 4.78 is 10.8. The molecule has 1 fully saturated rings. The molecule has 0 spiro atoms. The van der Waals surface area contributed by atoms with Gasteiger partial charge in [0.15, 0.2) is 11.6 Å². The van der Waals surface area contributed by atoms with Crippen molar-refractivity contribution in [1.29, 1.82) is 0 Å². The van der Waals surface area contributed by atoms with E-state index >= 15 is 0 Å². The molecule has 1 amide bonds. The molecule has 2 aliphatic rings. The topological polar surface area (TPSA) is 105 Å². The van der Waals surface area contributed by atoms with Crippen molar-refractivity contribution in [3.05, 3.63) is 46.7 Å². The van der Waals surface area contributed by atoms with Crippen LogP contribution in [-0.2, 0) is 6.42 Å². The third kappa shape index (κ3) is 4.84. The maximum absolute atomic E-state index is 12.7. The molecule has 5 rings (SSSR count). The highest BCUT2D eigenvalue weighted by Gasteiger charge is 2.21. The quantitative estimate of drug-likeness (QED) is 0.544. The van der Waals surface area contributed by atoms with Crippen molar-refractivity contribution in [2.45, 2.75) is 6.42 Å². The van der Waals surface area contributed by atoms with Crippen LogP contribution in [0.3, 0.4) is 0 Å². The number of carbonyl (C=O) groups excluding carboxylic acids is 1.